The summed E-state index contributed by atoms with van der Waals surface area (Å²) in [5, 5.41) is 0. The summed E-state index contributed by atoms with van der Waals surface area (Å²) in [7, 11) is 3.35. The molecule has 1 atom stereocenters. The summed E-state index contributed by atoms with van der Waals surface area (Å²) in [6, 6.07) is 10.1. The molecule has 0 spiro atoms. The number of fused-ring (bicyclic) bond motifs is 1. The van der Waals surface area contributed by atoms with Gasteiger partial charge in [0.15, 0.2) is 0 Å². The number of halogens is 3. The van der Waals surface area contributed by atoms with Gasteiger partial charge in [-0.2, -0.15) is 0 Å². The predicted molar refractivity (Wildman–Crippen MR) is 142 cm³/mol. The average Bonchev–Trinajstić information content (AvgIpc) is 3.10. The molecule has 0 aromatic heterocycles. The van der Waals surface area contributed by atoms with Crippen molar-refractivity contribution in [3.63, 3.8) is 0 Å². The highest BCUT2D eigenvalue weighted by molar-refractivity contribution is 8.93. The van der Waals surface area contributed by atoms with Crippen LogP contribution in [0.25, 0.3) is 0 Å². The predicted octanol–water partition coefficient (Wildman–Crippen LogP) is 4.94. The fourth-order valence-corrected chi connectivity index (χ4v) is 5.31. The number of nitrogens with two attached hydrogens (primary N) is 1. The van der Waals surface area contributed by atoms with E-state index in [2.05, 4.69) is 15.9 Å². The molecule has 0 saturated carbocycles. The highest BCUT2D eigenvalue weighted by atomic mass is 79.9. The van der Waals surface area contributed by atoms with Crippen LogP contribution in [0.5, 0.6) is 17.2 Å². The van der Waals surface area contributed by atoms with Crippen LogP contribution in [0.2, 0.25) is 0 Å². The lowest BCUT2D eigenvalue weighted by Gasteiger charge is -2.35. The number of benzene rings is 2. The number of anilines is 1. The second-order valence-electron chi connectivity index (χ2n) is 7.93. The van der Waals surface area contributed by atoms with E-state index in [1.807, 2.05) is 6.07 Å². The summed E-state index contributed by atoms with van der Waals surface area (Å²) in [5.74, 6) is 2.65. The minimum Gasteiger partial charge on any atom is -0.497 e. The van der Waals surface area contributed by atoms with Crippen LogP contribution in [0.3, 0.4) is 0 Å². The van der Waals surface area contributed by atoms with Crippen LogP contribution in [-0.4, -0.2) is 57.4 Å². The fourth-order valence-electron chi connectivity index (χ4n) is 4.18. The van der Waals surface area contributed by atoms with E-state index < -0.39 is 0 Å². The molecule has 2 aliphatic rings. The van der Waals surface area contributed by atoms with Gasteiger partial charge in [0.05, 0.1) is 24.8 Å². The number of hydrogen-bond acceptors (Lipinski definition) is 7. The molecular formula is C23H32Br2FN3O3S. The lowest BCUT2D eigenvalue weighted by atomic mass is 9.96. The van der Waals surface area contributed by atoms with Gasteiger partial charge in [-0.25, -0.2) is 4.39 Å². The number of thioether (sulfide) groups is 1. The molecule has 2 aromatic carbocycles. The zero-order valence-corrected chi connectivity index (χ0v) is 23.1. The summed E-state index contributed by atoms with van der Waals surface area (Å²) < 4.78 is 29.7. The number of rotatable bonds is 8. The molecule has 2 aromatic rings. The standard InChI is InChI=1S/C23H30FN3O3S.2BrH/c1-28-19-13-20-22(21(14-19)29-2)31-23(25)27(20)15-16-7-9-26(10-8-16)11-12-30-18-5-3-17(24)4-6-18;;/h3-6,13-14,16,23H,7-12,15,25H2,1-2H3;2*1H. The van der Waals surface area contributed by atoms with Gasteiger partial charge in [-0.3, -0.25) is 4.90 Å². The van der Waals surface area contributed by atoms with Crippen molar-refractivity contribution in [1.29, 1.82) is 0 Å². The zero-order chi connectivity index (χ0) is 21.8. The summed E-state index contributed by atoms with van der Waals surface area (Å²) in [6.07, 6.45) is 2.25. The first-order valence-electron chi connectivity index (χ1n) is 10.6. The van der Waals surface area contributed by atoms with Crippen molar-refractivity contribution in [3.05, 3.63) is 42.2 Å². The topological polar surface area (TPSA) is 60.2 Å². The van der Waals surface area contributed by atoms with Crippen molar-refractivity contribution in [1.82, 2.24) is 4.90 Å². The molecule has 0 amide bonds. The Morgan fingerprint density at radius 3 is 2.36 bits per heavy atom. The molecular weight excluding hydrogens is 577 g/mol. The van der Waals surface area contributed by atoms with Crippen LogP contribution in [0.4, 0.5) is 10.1 Å². The van der Waals surface area contributed by atoms with Crippen LogP contribution in [0.1, 0.15) is 12.8 Å². The molecule has 184 valence electrons. The van der Waals surface area contributed by atoms with Crippen molar-refractivity contribution < 1.29 is 18.6 Å². The van der Waals surface area contributed by atoms with Gasteiger partial charge >= 0.3 is 0 Å². The minimum absolute atomic E-state index is 0. The van der Waals surface area contributed by atoms with Gasteiger partial charge in [-0.05, 0) is 56.1 Å². The van der Waals surface area contributed by atoms with Gasteiger partial charge in [0, 0.05) is 25.2 Å². The number of methoxy groups -OCH3 is 2. The van der Waals surface area contributed by atoms with E-state index in [1.165, 1.54) is 12.1 Å². The van der Waals surface area contributed by atoms with Crippen molar-refractivity contribution in [2.24, 2.45) is 11.7 Å². The third kappa shape index (κ3) is 6.91. The summed E-state index contributed by atoms with van der Waals surface area (Å²) in [5.41, 5.74) is 7.45. The lowest BCUT2D eigenvalue weighted by Crippen LogP contribution is -2.43. The van der Waals surface area contributed by atoms with Crippen LogP contribution < -0.4 is 24.8 Å². The average molecular weight is 609 g/mol. The molecule has 0 aliphatic carbocycles. The van der Waals surface area contributed by atoms with Crippen molar-refractivity contribution in [2.75, 3.05) is 51.9 Å². The Labute approximate surface area is 220 Å². The molecule has 1 unspecified atom stereocenters. The monoisotopic (exact) mass is 607 g/mol. The second-order valence-corrected chi connectivity index (χ2v) is 9.05. The van der Waals surface area contributed by atoms with Crippen LogP contribution in [-0.2, 0) is 0 Å². The molecule has 4 rings (SSSR count). The highest BCUT2D eigenvalue weighted by Gasteiger charge is 2.33. The first kappa shape index (κ1) is 28.0. The van der Waals surface area contributed by atoms with Gasteiger partial charge in [-0.15, -0.1) is 34.0 Å². The Morgan fingerprint density at radius 2 is 1.73 bits per heavy atom. The number of likely N-dealkylation sites (tertiary alicyclic amines) is 1. The van der Waals surface area contributed by atoms with E-state index in [0.717, 1.165) is 61.1 Å². The largest absolute Gasteiger partial charge is 0.497 e. The smallest absolute Gasteiger partial charge is 0.138 e. The van der Waals surface area contributed by atoms with E-state index >= 15 is 0 Å². The van der Waals surface area contributed by atoms with E-state index in [1.54, 1.807) is 38.1 Å². The van der Waals surface area contributed by atoms with E-state index in [9.17, 15) is 4.39 Å². The molecule has 2 N–H and O–H groups in total. The number of nitrogens with zero attached hydrogens (tertiary/aromatic N) is 2. The van der Waals surface area contributed by atoms with E-state index in [0.29, 0.717) is 18.3 Å². The summed E-state index contributed by atoms with van der Waals surface area (Å²) in [6.45, 7) is 4.50. The quantitative estimate of drug-likeness (QED) is 0.455. The minimum atomic E-state index is -0.245. The Hall–Kier alpha value is -1.20. The molecule has 0 radical (unpaired) electrons. The zero-order valence-electron chi connectivity index (χ0n) is 18.9. The Balaban J connectivity index is 0.00000193. The van der Waals surface area contributed by atoms with E-state index in [-0.39, 0.29) is 45.3 Å². The van der Waals surface area contributed by atoms with Crippen molar-refractivity contribution >= 4 is 51.4 Å². The third-order valence-corrected chi connectivity index (χ3v) is 7.11. The highest BCUT2D eigenvalue weighted by Crippen LogP contribution is 2.49. The maximum Gasteiger partial charge on any atom is 0.138 e. The van der Waals surface area contributed by atoms with Gasteiger partial charge in [0.25, 0.3) is 0 Å². The van der Waals surface area contributed by atoms with E-state index in [4.69, 9.17) is 19.9 Å². The van der Waals surface area contributed by atoms with Gasteiger partial charge in [0.2, 0.25) is 0 Å². The maximum atomic E-state index is 13.0. The van der Waals surface area contributed by atoms with Crippen molar-refractivity contribution in [2.45, 2.75) is 23.2 Å². The summed E-state index contributed by atoms with van der Waals surface area (Å²) in [4.78, 5) is 5.80. The Kier molecular flexibility index (Phi) is 11.1. The second kappa shape index (κ2) is 13.0. The summed E-state index contributed by atoms with van der Waals surface area (Å²) >= 11 is 1.64. The maximum absolute atomic E-state index is 13.0. The number of ether oxygens (including phenoxy) is 3. The molecule has 1 fully saturated rings. The Bertz CT molecular complexity index is 886. The number of hydrogen-bond donors (Lipinski definition) is 1. The van der Waals surface area contributed by atoms with Crippen LogP contribution >= 0.6 is 45.7 Å². The first-order chi connectivity index (χ1) is 15.1. The third-order valence-electron chi connectivity index (χ3n) is 5.97. The van der Waals surface area contributed by atoms with Gasteiger partial charge in [0.1, 0.15) is 35.2 Å². The van der Waals surface area contributed by atoms with Crippen molar-refractivity contribution in [3.8, 4) is 17.2 Å². The van der Waals surface area contributed by atoms with Gasteiger partial charge < -0.3 is 24.8 Å². The molecule has 2 heterocycles. The lowest BCUT2D eigenvalue weighted by molar-refractivity contribution is 0.156. The molecule has 33 heavy (non-hydrogen) atoms. The Morgan fingerprint density at radius 1 is 1.03 bits per heavy atom. The first-order valence-corrected chi connectivity index (χ1v) is 11.5. The van der Waals surface area contributed by atoms with Crippen LogP contribution in [0.15, 0.2) is 41.3 Å². The number of piperidine rings is 1. The normalized spacial score (nSPS) is 18.2. The molecule has 10 heteroatoms. The van der Waals surface area contributed by atoms with Crippen LogP contribution in [0, 0.1) is 11.7 Å². The molecule has 2 aliphatic heterocycles. The molecule has 6 nitrogen and oxygen atoms in total. The SMILES string of the molecule is Br.Br.COc1cc(OC)c2c(c1)N(CC1CCN(CCOc3ccc(F)cc3)CC1)C(N)S2. The molecule has 0 bridgehead atoms. The van der Waals surface area contributed by atoms with Gasteiger partial charge in [-0.1, -0.05) is 11.8 Å². The molecule has 1 saturated heterocycles. The fraction of sp³-hybridized carbons (Fsp3) is 0.478.